The van der Waals surface area contributed by atoms with Crippen LogP contribution in [-0.4, -0.2) is 72.3 Å². The van der Waals surface area contributed by atoms with E-state index in [0.29, 0.717) is 39.0 Å². The van der Waals surface area contributed by atoms with E-state index in [4.69, 9.17) is 0 Å². The molecule has 0 bridgehead atoms. The van der Waals surface area contributed by atoms with Gasteiger partial charge in [0.05, 0.1) is 0 Å². The van der Waals surface area contributed by atoms with Gasteiger partial charge in [-0.25, -0.2) is 0 Å². The maximum absolute atomic E-state index is 12.4. The van der Waals surface area contributed by atoms with Gasteiger partial charge in [0.25, 0.3) is 0 Å². The molecule has 5 heteroatoms. The van der Waals surface area contributed by atoms with E-state index in [1.54, 1.807) is 0 Å². The van der Waals surface area contributed by atoms with Gasteiger partial charge in [0, 0.05) is 45.6 Å². The fourth-order valence-electron chi connectivity index (χ4n) is 4.03. The summed E-state index contributed by atoms with van der Waals surface area (Å²) in [6, 6.07) is 10.4. The van der Waals surface area contributed by atoms with E-state index in [-0.39, 0.29) is 11.8 Å². The topological polar surface area (TPSA) is 43.9 Å². The van der Waals surface area contributed by atoms with Crippen LogP contribution in [0.15, 0.2) is 30.3 Å². The molecule has 2 heterocycles. The maximum Gasteiger partial charge on any atom is 0.223 e. The molecule has 2 saturated heterocycles. The average Bonchev–Trinajstić information content (AvgIpc) is 3.24. The Bertz CT molecular complexity index is 591. The molecule has 0 spiro atoms. The molecule has 2 amide bonds. The molecular weight excluding hydrogens is 338 g/mol. The molecule has 5 nitrogen and oxygen atoms in total. The number of carbonyl (C=O) groups is 2. The van der Waals surface area contributed by atoms with Gasteiger partial charge in [0.15, 0.2) is 0 Å². The van der Waals surface area contributed by atoms with E-state index < -0.39 is 0 Å². The van der Waals surface area contributed by atoms with Crippen molar-refractivity contribution in [1.29, 1.82) is 0 Å². The zero-order valence-corrected chi connectivity index (χ0v) is 16.4. The summed E-state index contributed by atoms with van der Waals surface area (Å²) in [5.41, 5.74) is 1.34. The fraction of sp³-hybridized carbons (Fsp3) is 0.636. The lowest BCUT2D eigenvalue weighted by molar-refractivity contribution is -0.139. The molecule has 1 aromatic rings. The lowest BCUT2D eigenvalue weighted by atomic mass is 10.1. The zero-order chi connectivity index (χ0) is 18.9. The van der Waals surface area contributed by atoms with Gasteiger partial charge in [0.2, 0.25) is 11.8 Å². The van der Waals surface area contributed by atoms with E-state index in [9.17, 15) is 9.59 Å². The number of piperazine rings is 1. The monoisotopic (exact) mass is 371 g/mol. The van der Waals surface area contributed by atoms with Crippen molar-refractivity contribution in [3.05, 3.63) is 35.9 Å². The van der Waals surface area contributed by atoms with Crippen LogP contribution in [0.5, 0.6) is 0 Å². The number of rotatable bonds is 8. The molecule has 2 fully saturated rings. The third-order valence-corrected chi connectivity index (χ3v) is 5.77. The molecule has 0 aliphatic carbocycles. The molecule has 2 aliphatic rings. The first-order valence-corrected chi connectivity index (χ1v) is 10.5. The van der Waals surface area contributed by atoms with E-state index in [1.807, 2.05) is 15.9 Å². The van der Waals surface area contributed by atoms with Crippen molar-refractivity contribution in [2.75, 3.05) is 45.8 Å². The van der Waals surface area contributed by atoms with Gasteiger partial charge in [-0.05, 0) is 50.8 Å². The number of nitrogens with zero attached hydrogens (tertiary/aromatic N) is 3. The van der Waals surface area contributed by atoms with Gasteiger partial charge in [-0.1, -0.05) is 30.3 Å². The van der Waals surface area contributed by atoms with Crippen LogP contribution < -0.4 is 0 Å². The number of carbonyl (C=O) groups excluding carboxylic acids is 2. The summed E-state index contributed by atoms with van der Waals surface area (Å²) in [5.74, 6) is 0.490. The molecule has 0 aromatic heterocycles. The van der Waals surface area contributed by atoms with Crippen LogP contribution in [0.1, 0.15) is 44.1 Å². The van der Waals surface area contributed by atoms with Crippen LogP contribution >= 0.6 is 0 Å². The average molecular weight is 372 g/mol. The van der Waals surface area contributed by atoms with Crippen LogP contribution in [0.3, 0.4) is 0 Å². The van der Waals surface area contributed by atoms with E-state index in [0.717, 1.165) is 38.9 Å². The van der Waals surface area contributed by atoms with Gasteiger partial charge in [-0.15, -0.1) is 0 Å². The normalized spacial score (nSPS) is 18.1. The number of unbranched alkanes of at least 4 members (excludes halogenated alkanes) is 1. The van der Waals surface area contributed by atoms with Crippen LogP contribution in [0, 0.1) is 0 Å². The Morgan fingerprint density at radius 3 is 1.96 bits per heavy atom. The van der Waals surface area contributed by atoms with Crippen molar-refractivity contribution in [3.8, 4) is 0 Å². The number of amides is 2. The summed E-state index contributed by atoms with van der Waals surface area (Å²) in [4.78, 5) is 31.0. The minimum absolute atomic E-state index is 0.243. The number of likely N-dealkylation sites (tertiary alicyclic amines) is 1. The predicted octanol–water partition coefficient (Wildman–Crippen LogP) is 2.56. The molecular formula is C22H33N3O2. The quantitative estimate of drug-likeness (QED) is 0.660. The van der Waals surface area contributed by atoms with Crippen molar-refractivity contribution in [3.63, 3.8) is 0 Å². The lowest BCUT2D eigenvalue weighted by Crippen LogP contribution is -2.50. The molecule has 0 saturated carbocycles. The summed E-state index contributed by atoms with van der Waals surface area (Å²) in [5, 5.41) is 0. The summed E-state index contributed by atoms with van der Waals surface area (Å²) in [6.45, 7) is 5.92. The molecule has 3 rings (SSSR count). The molecule has 0 radical (unpaired) electrons. The van der Waals surface area contributed by atoms with Crippen LogP contribution in [-0.2, 0) is 16.0 Å². The van der Waals surface area contributed by atoms with E-state index in [2.05, 4.69) is 29.2 Å². The largest absolute Gasteiger partial charge is 0.339 e. The zero-order valence-electron chi connectivity index (χ0n) is 16.4. The van der Waals surface area contributed by atoms with Crippen molar-refractivity contribution in [1.82, 2.24) is 14.7 Å². The summed E-state index contributed by atoms with van der Waals surface area (Å²) in [6.07, 6.45) is 6.78. The van der Waals surface area contributed by atoms with Crippen molar-refractivity contribution < 1.29 is 9.59 Å². The van der Waals surface area contributed by atoms with Crippen molar-refractivity contribution in [2.24, 2.45) is 0 Å². The molecule has 0 N–H and O–H groups in total. The minimum Gasteiger partial charge on any atom is -0.339 e. The number of benzene rings is 1. The Balaban J connectivity index is 1.28. The predicted molar refractivity (Wildman–Crippen MR) is 107 cm³/mol. The molecule has 2 aliphatic heterocycles. The lowest BCUT2D eigenvalue weighted by Gasteiger charge is -2.35. The second-order valence-corrected chi connectivity index (χ2v) is 7.75. The minimum atomic E-state index is 0.243. The van der Waals surface area contributed by atoms with Gasteiger partial charge >= 0.3 is 0 Å². The Morgan fingerprint density at radius 2 is 1.33 bits per heavy atom. The standard InChI is InChI=1S/C22H33N3O2/c26-21(11-5-4-10-20-8-2-1-3-9-20)24-16-18-25(19-17-24)22(27)12-15-23-13-6-7-14-23/h1-3,8-9H,4-7,10-19H2. The first-order chi connectivity index (χ1) is 13.2. The molecule has 27 heavy (non-hydrogen) atoms. The van der Waals surface area contributed by atoms with Crippen LogP contribution in [0.4, 0.5) is 0 Å². The Labute approximate surface area is 163 Å². The first-order valence-electron chi connectivity index (χ1n) is 10.5. The highest BCUT2D eigenvalue weighted by molar-refractivity contribution is 5.78. The highest BCUT2D eigenvalue weighted by Crippen LogP contribution is 2.12. The number of aryl methyl sites for hydroxylation is 1. The Hall–Kier alpha value is -1.88. The Morgan fingerprint density at radius 1 is 0.741 bits per heavy atom. The van der Waals surface area contributed by atoms with E-state index in [1.165, 1.54) is 18.4 Å². The van der Waals surface area contributed by atoms with Crippen LogP contribution in [0.25, 0.3) is 0 Å². The highest BCUT2D eigenvalue weighted by atomic mass is 16.2. The van der Waals surface area contributed by atoms with Crippen molar-refractivity contribution in [2.45, 2.75) is 44.9 Å². The van der Waals surface area contributed by atoms with Crippen molar-refractivity contribution >= 4 is 11.8 Å². The molecule has 1 aromatic carbocycles. The smallest absolute Gasteiger partial charge is 0.223 e. The van der Waals surface area contributed by atoms with E-state index >= 15 is 0 Å². The van der Waals surface area contributed by atoms with Gasteiger partial charge in [-0.3, -0.25) is 9.59 Å². The fourth-order valence-corrected chi connectivity index (χ4v) is 4.03. The third-order valence-electron chi connectivity index (χ3n) is 5.77. The summed E-state index contributed by atoms with van der Waals surface area (Å²) < 4.78 is 0. The number of hydrogen-bond acceptors (Lipinski definition) is 3. The van der Waals surface area contributed by atoms with Gasteiger partial charge in [0.1, 0.15) is 0 Å². The molecule has 0 unspecified atom stereocenters. The van der Waals surface area contributed by atoms with Gasteiger partial charge < -0.3 is 14.7 Å². The molecule has 148 valence electrons. The highest BCUT2D eigenvalue weighted by Gasteiger charge is 2.24. The maximum atomic E-state index is 12.4. The second kappa shape index (κ2) is 10.5. The van der Waals surface area contributed by atoms with Gasteiger partial charge in [-0.2, -0.15) is 0 Å². The van der Waals surface area contributed by atoms with Crippen LogP contribution in [0.2, 0.25) is 0 Å². The molecule has 0 atom stereocenters. The SMILES string of the molecule is O=C(CCCCc1ccccc1)N1CCN(C(=O)CCN2CCCC2)CC1. The number of hydrogen-bond donors (Lipinski definition) is 0. The Kier molecular flexibility index (Phi) is 7.69. The summed E-state index contributed by atoms with van der Waals surface area (Å²) >= 11 is 0. The first kappa shape index (κ1) is 19.9. The second-order valence-electron chi connectivity index (χ2n) is 7.75. The summed E-state index contributed by atoms with van der Waals surface area (Å²) in [7, 11) is 0. The third kappa shape index (κ3) is 6.35.